The van der Waals surface area contributed by atoms with Crippen molar-refractivity contribution in [3.05, 3.63) is 30.3 Å². The Labute approximate surface area is 121 Å². The van der Waals surface area contributed by atoms with Crippen LogP contribution in [0.5, 0.6) is 0 Å². The van der Waals surface area contributed by atoms with Gasteiger partial charge in [0.05, 0.1) is 4.90 Å². The first kappa shape index (κ1) is 16.7. The molecule has 0 bridgehead atoms. The molecule has 112 valence electrons. The van der Waals surface area contributed by atoms with Gasteiger partial charge in [-0.05, 0) is 18.1 Å². The molecule has 0 aromatic heterocycles. The maximum absolute atomic E-state index is 12.4. The molecule has 1 aromatic rings. The summed E-state index contributed by atoms with van der Waals surface area (Å²) >= 11 is 0. The number of likely N-dealkylation sites (N-methyl/N-ethyl adjacent to an activating group) is 1. The fourth-order valence-electron chi connectivity index (χ4n) is 1.83. The molecule has 0 aliphatic carbocycles. The van der Waals surface area contributed by atoms with E-state index in [0.29, 0.717) is 0 Å². The second kappa shape index (κ2) is 6.85. The van der Waals surface area contributed by atoms with Gasteiger partial charge in [-0.3, -0.25) is 4.79 Å². The molecule has 0 heterocycles. The van der Waals surface area contributed by atoms with E-state index in [4.69, 9.17) is 0 Å². The molecule has 6 heteroatoms. The third-order valence-corrected chi connectivity index (χ3v) is 4.94. The van der Waals surface area contributed by atoms with Gasteiger partial charge in [-0.1, -0.05) is 32.0 Å². The smallest absolute Gasteiger partial charge is 0.242 e. The van der Waals surface area contributed by atoms with E-state index in [1.807, 2.05) is 13.8 Å². The van der Waals surface area contributed by atoms with Gasteiger partial charge in [-0.25, -0.2) is 8.42 Å². The molecular formula is C14H22N2O3S. The molecule has 1 atom stereocenters. The summed E-state index contributed by atoms with van der Waals surface area (Å²) < 4.78 is 26.1. The van der Waals surface area contributed by atoms with Crippen molar-refractivity contribution in [1.29, 1.82) is 0 Å². The standard InChI is InChI=1S/C14H22N2O3S/c1-11(2)14(15-12(3)17)10-16(4)20(18,19)13-8-6-5-7-9-13/h5-9,11,14H,10H2,1-4H3,(H,15,17)/t14-/m1/s1. The van der Waals surface area contributed by atoms with Crippen LogP contribution < -0.4 is 5.32 Å². The first-order chi connectivity index (χ1) is 9.25. The number of carbonyl (C=O) groups is 1. The molecule has 0 saturated carbocycles. The molecule has 1 rings (SSSR count). The van der Waals surface area contributed by atoms with Gasteiger partial charge >= 0.3 is 0 Å². The van der Waals surface area contributed by atoms with E-state index in [-0.39, 0.29) is 29.3 Å². The minimum absolute atomic E-state index is 0.146. The number of rotatable bonds is 6. The number of nitrogens with zero attached hydrogens (tertiary/aromatic N) is 1. The zero-order valence-electron chi connectivity index (χ0n) is 12.3. The lowest BCUT2D eigenvalue weighted by molar-refractivity contribution is -0.120. The van der Waals surface area contributed by atoms with Gasteiger partial charge < -0.3 is 5.32 Å². The van der Waals surface area contributed by atoms with E-state index in [0.717, 1.165) is 0 Å². The van der Waals surface area contributed by atoms with Crippen molar-refractivity contribution in [2.45, 2.75) is 31.7 Å². The molecule has 0 spiro atoms. The van der Waals surface area contributed by atoms with Crippen LogP contribution in [0.1, 0.15) is 20.8 Å². The van der Waals surface area contributed by atoms with Gasteiger partial charge in [0.2, 0.25) is 15.9 Å². The highest BCUT2D eigenvalue weighted by Gasteiger charge is 2.25. The molecule has 1 aromatic carbocycles. The van der Waals surface area contributed by atoms with Crippen molar-refractivity contribution in [2.24, 2.45) is 5.92 Å². The minimum Gasteiger partial charge on any atom is -0.352 e. The maximum atomic E-state index is 12.4. The van der Waals surface area contributed by atoms with Gasteiger partial charge in [0, 0.05) is 26.6 Å². The van der Waals surface area contributed by atoms with Crippen LogP contribution in [-0.2, 0) is 14.8 Å². The number of carbonyl (C=O) groups excluding carboxylic acids is 1. The predicted octanol–water partition coefficient (Wildman–Crippen LogP) is 1.47. The molecular weight excluding hydrogens is 276 g/mol. The lowest BCUT2D eigenvalue weighted by atomic mass is 10.0. The predicted molar refractivity (Wildman–Crippen MR) is 78.7 cm³/mol. The molecule has 0 fully saturated rings. The van der Waals surface area contributed by atoms with Crippen LogP contribution in [0, 0.1) is 5.92 Å². The lowest BCUT2D eigenvalue weighted by Gasteiger charge is -2.27. The fourth-order valence-corrected chi connectivity index (χ4v) is 3.05. The summed E-state index contributed by atoms with van der Waals surface area (Å²) in [5, 5.41) is 2.79. The summed E-state index contributed by atoms with van der Waals surface area (Å²) in [6.07, 6.45) is 0. The van der Waals surface area contributed by atoms with Crippen LogP contribution in [0.2, 0.25) is 0 Å². The number of nitrogens with one attached hydrogen (secondary N) is 1. The summed E-state index contributed by atoms with van der Waals surface area (Å²) in [4.78, 5) is 11.4. The summed E-state index contributed by atoms with van der Waals surface area (Å²) in [6.45, 7) is 5.57. The first-order valence-corrected chi connectivity index (χ1v) is 7.97. The topological polar surface area (TPSA) is 66.5 Å². The Kier molecular flexibility index (Phi) is 5.71. The van der Waals surface area contributed by atoms with Crippen LogP contribution in [0.15, 0.2) is 35.2 Å². The zero-order chi connectivity index (χ0) is 15.3. The van der Waals surface area contributed by atoms with E-state index in [1.54, 1.807) is 30.3 Å². The Hall–Kier alpha value is -1.40. The minimum atomic E-state index is -3.52. The van der Waals surface area contributed by atoms with Gasteiger partial charge in [-0.2, -0.15) is 4.31 Å². The van der Waals surface area contributed by atoms with Crippen molar-refractivity contribution < 1.29 is 13.2 Å². The molecule has 0 radical (unpaired) electrons. The normalized spacial score (nSPS) is 13.5. The largest absolute Gasteiger partial charge is 0.352 e. The van der Waals surface area contributed by atoms with E-state index in [1.165, 1.54) is 18.3 Å². The van der Waals surface area contributed by atoms with E-state index in [2.05, 4.69) is 5.32 Å². The van der Waals surface area contributed by atoms with E-state index in [9.17, 15) is 13.2 Å². The molecule has 0 unspecified atom stereocenters. The molecule has 1 N–H and O–H groups in total. The SMILES string of the molecule is CC(=O)N[C@H](CN(C)S(=O)(=O)c1ccccc1)C(C)C. The molecule has 0 aliphatic heterocycles. The quantitative estimate of drug-likeness (QED) is 0.865. The second-order valence-corrected chi connectivity index (χ2v) is 7.19. The van der Waals surface area contributed by atoms with Crippen molar-refractivity contribution in [3.8, 4) is 0 Å². The van der Waals surface area contributed by atoms with Gasteiger partial charge in [0.25, 0.3) is 0 Å². The van der Waals surface area contributed by atoms with Crippen molar-refractivity contribution in [2.75, 3.05) is 13.6 Å². The summed E-state index contributed by atoms with van der Waals surface area (Å²) in [5.74, 6) is -0.0125. The fraction of sp³-hybridized carbons (Fsp3) is 0.500. The second-order valence-electron chi connectivity index (χ2n) is 5.15. The third kappa shape index (κ3) is 4.31. The maximum Gasteiger partial charge on any atom is 0.242 e. The van der Waals surface area contributed by atoms with Crippen LogP contribution in [-0.4, -0.2) is 38.3 Å². The van der Waals surface area contributed by atoms with Crippen molar-refractivity contribution in [1.82, 2.24) is 9.62 Å². The zero-order valence-corrected chi connectivity index (χ0v) is 13.1. The number of amides is 1. The average molecular weight is 298 g/mol. The highest BCUT2D eigenvalue weighted by atomic mass is 32.2. The van der Waals surface area contributed by atoms with E-state index >= 15 is 0 Å². The summed E-state index contributed by atoms with van der Waals surface area (Å²) in [6, 6.07) is 8.07. The molecule has 0 aliphatic rings. The van der Waals surface area contributed by atoms with Crippen LogP contribution in [0.25, 0.3) is 0 Å². The Morgan fingerprint density at radius 3 is 2.25 bits per heavy atom. The van der Waals surface area contributed by atoms with Gasteiger partial charge in [-0.15, -0.1) is 0 Å². The highest BCUT2D eigenvalue weighted by Crippen LogP contribution is 2.15. The monoisotopic (exact) mass is 298 g/mol. The summed E-state index contributed by atoms with van der Waals surface area (Å²) in [5.41, 5.74) is 0. The lowest BCUT2D eigenvalue weighted by Crippen LogP contribution is -2.46. The third-order valence-electron chi connectivity index (χ3n) is 3.10. The number of hydrogen-bond acceptors (Lipinski definition) is 3. The first-order valence-electron chi connectivity index (χ1n) is 6.53. The molecule has 5 nitrogen and oxygen atoms in total. The van der Waals surface area contributed by atoms with Crippen LogP contribution >= 0.6 is 0 Å². The molecule has 1 amide bonds. The van der Waals surface area contributed by atoms with Crippen LogP contribution in [0.3, 0.4) is 0 Å². The summed E-state index contributed by atoms with van der Waals surface area (Å²) in [7, 11) is -1.99. The highest BCUT2D eigenvalue weighted by molar-refractivity contribution is 7.89. The van der Waals surface area contributed by atoms with E-state index < -0.39 is 10.0 Å². The Morgan fingerprint density at radius 1 is 1.25 bits per heavy atom. The van der Waals surface area contributed by atoms with Crippen molar-refractivity contribution in [3.63, 3.8) is 0 Å². The Balaban J connectivity index is 2.88. The number of benzene rings is 1. The van der Waals surface area contributed by atoms with Gasteiger partial charge in [0.15, 0.2) is 0 Å². The average Bonchev–Trinajstić information content (AvgIpc) is 2.38. The Morgan fingerprint density at radius 2 is 1.80 bits per heavy atom. The number of hydrogen-bond donors (Lipinski definition) is 1. The van der Waals surface area contributed by atoms with Gasteiger partial charge in [0.1, 0.15) is 0 Å². The number of sulfonamides is 1. The van der Waals surface area contributed by atoms with Crippen molar-refractivity contribution >= 4 is 15.9 Å². The van der Waals surface area contributed by atoms with Crippen LogP contribution in [0.4, 0.5) is 0 Å². The molecule has 20 heavy (non-hydrogen) atoms. The molecule has 0 saturated heterocycles. The Bertz CT molecular complexity index is 541.